The maximum atomic E-state index is 12.5. The Balaban J connectivity index is 1.56. The summed E-state index contributed by atoms with van der Waals surface area (Å²) in [7, 11) is 0. The summed E-state index contributed by atoms with van der Waals surface area (Å²) in [5, 5.41) is 3.18. The first-order valence-electron chi connectivity index (χ1n) is 8.07. The van der Waals surface area contributed by atoms with Gasteiger partial charge < -0.3 is 5.32 Å². The lowest BCUT2D eigenvalue weighted by Gasteiger charge is -2.47. The molecule has 3 aliphatic rings. The Morgan fingerprint density at radius 3 is 2.52 bits per heavy atom. The Bertz CT molecular complexity index is 468. The smallest absolute Gasteiger partial charge is 0.227 e. The summed E-state index contributed by atoms with van der Waals surface area (Å²) in [6, 6.07) is 10.6. The molecule has 21 heavy (non-hydrogen) atoms. The van der Waals surface area contributed by atoms with Crippen molar-refractivity contribution >= 4 is 5.91 Å². The van der Waals surface area contributed by atoms with Gasteiger partial charge in [-0.3, -0.25) is 14.6 Å². The first-order valence-corrected chi connectivity index (χ1v) is 8.07. The number of carbonyl (C=O) groups is 1. The van der Waals surface area contributed by atoms with Crippen molar-refractivity contribution in [2.75, 3.05) is 39.3 Å². The van der Waals surface area contributed by atoms with Gasteiger partial charge in [0.05, 0.1) is 5.92 Å². The first-order chi connectivity index (χ1) is 10.3. The minimum atomic E-state index is -0.0257. The van der Waals surface area contributed by atoms with Gasteiger partial charge in [-0.05, 0) is 12.0 Å². The highest BCUT2D eigenvalue weighted by Gasteiger charge is 2.32. The van der Waals surface area contributed by atoms with E-state index in [2.05, 4.69) is 22.0 Å². The highest BCUT2D eigenvalue weighted by Crippen LogP contribution is 2.20. The molecule has 4 heteroatoms. The summed E-state index contributed by atoms with van der Waals surface area (Å²) >= 11 is 0. The van der Waals surface area contributed by atoms with Crippen LogP contribution in [0, 0.1) is 0 Å². The largest absolute Gasteiger partial charge is 0.354 e. The fourth-order valence-corrected chi connectivity index (χ4v) is 3.52. The second-order valence-electron chi connectivity index (χ2n) is 6.11. The van der Waals surface area contributed by atoms with Gasteiger partial charge >= 0.3 is 0 Å². The summed E-state index contributed by atoms with van der Waals surface area (Å²) in [5.41, 5.74) is 1.12. The molecule has 2 unspecified atom stereocenters. The molecule has 3 heterocycles. The molecule has 3 fully saturated rings. The number of piperazine rings is 3. The van der Waals surface area contributed by atoms with Gasteiger partial charge in [0, 0.05) is 45.3 Å². The molecule has 1 aromatic rings. The second kappa shape index (κ2) is 6.58. The summed E-state index contributed by atoms with van der Waals surface area (Å²) in [6.45, 7) is 8.63. The van der Waals surface area contributed by atoms with E-state index in [9.17, 15) is 4.79 Å². The number of nitrogens with zero attached hydrogens (tertiary/aromatic N) is 2. The molecule has 4 nitrogen and oxygen atoms in total. The lowest BCUT2D eigenvalue weighted by Crippen LogP contribution is -2.63. The monoisotopic (exact) mass is 287 g/mol. The fraction of sp³-hybridized carbons (Fsp3) is 0.588. The SMILES string of the molecule is CCC(C(=O)NCC1CN2CCN1CC2)c1ccccc1. The van der Waals surface area contributed by atoms with Crippen LogP contribution in [-0.4, -0.2) is 61.0 Å². The van der Waals surface area contributed by atoms with Crippen molar-refractivity contribution in [3.63, 3.8) is 0 Å². The molecule has 2 atom stereocenters. The molecule has 0 saturated carbocycles. The number of carbonyl (C=O) groups excluding carboxylic acids is 1. The molecule has 0 aliphatic carbocycles. The maximum Gasteiger partial charge on any atom is 0.227 e. The normalized spacial score (nSPS) is 29.1. The highest BCUT2D eigenvalue weighted by atomic mass is 16.1. The van der Waals surface area contributed by atoms with E-state index in [1.807, 2.05) is 30.3 Å². The fourth-order valence-electron chi connectivity index (χ4n) is 3.52. The Morgan fingerprint density at radius 2 is 1.95 bits per heavy atom. The zero-order valence-electron chi connectivity index (χ0n) is 12.8. The van der Waals surface area contributed by atoms with Crippen molar-refractivity contribution in [3.05, 3.63) is 35.9 Å². The van der Waals surface area contributed by atoms with E-state index in [1.165, 1.54) is 13.1 Å². The van der Waals surface area contributed by atoms with Crippen LogP contribution in [-0.2, 0) is 4.79 Å². The topological polar surface area (TPSA) is 35.6 Å². The third-order valence-corrected chi connectivity index (χ3v) is 4.83. The van der Waals surface area contributed by atoms with E-state index >= 15 is 0 Å². The molecule has 3 aliphatic heterocycles. The zero-order chi connectivity index (χ0) is 14.7. The van der Waals surface area contributed by atoms with Crippen molar-refractivity contribution in [2.24, 2.45) is 0 Å². The molecule has 0 spiro atoms. The number of fused-ring (bicyclic) bond motifs is 3. The number of nitrogens with one attached hydrogen (secondary N) is 1. The third kappa shape index (κ3) is 3.27. The molecule has 2 bridgehead atoms. The predicted molar refractivity (Wildman–Crippen MR) is 84.3 cm³/mol. The minimum Gasteiger partial charge on any atom is -0.354 e. The average molecular weight is 287 g/mol. The van der Waals surface area contributed by atoms with Gasteiger partial charge in [-0.25, -0.2) is 0 Å². The van der Waals surface area contributed by atoms with E-state index in [4.69, 9.17) is 0 Å². The van der Waals surface area contributed by atoms with Crippen LogP contribution in [0.15, 0.2) is 30.3 Å². The number of hydrogen-bond acceptors (Lipinski definition) is 3. The lowest BCUT2D eigenvalue weighted by molar-refractivity contribution is -0.123. The first kappa shape index (κ1) is 14.5. The number of rotatable bonds is 5. The number of amides is 1. The van der Waals surface area contributed by atoms with Crippen molar-refractivity contribution in [1.29, 1.82) is 0 Å². The van der Waals surface area contributed by atoms with Crippen LogP contribution in [0.1, 0.15) is 24.8 Å². The second-order valence-corrected chi connectivity index (χ2v) is 6.11. The molecule has 0 aromatic heterocycles. The van der Waals surface area contributed by atoms with Crippen LogP contribution in [0.4, 0.5) is 0 Å². The van der Waals surface area contributed by atoms with Crippen molar-refractivity contribution in [2.45, 2.75) is 25.3 Å². The molecular formula is C17H25N3O. The molecule has 1 N–H and O–H groups in total. The van der Waals surface area contributed by atoms with Crippen LogP contribution in [0.3, 0.4) is 0 Å². The molecule has 3 saturated heterocycles. The Hall–Kier alpha value is -1.39. The Kier molecular flexibility index (Phi) is 4.56. The van der Waals surface area contributed by atoms with E-state index in [0.29, 0.717) is 6.04 Å². The summed E-state index contributed by atoms with van der Waals surface area (Å²) in [4.78, 5) is 17.5. The van der Waals surface area contributed by atoms with Crippen LogP contribution < -0.4 is 5.32 Å². The van der Waals surface area contributed by atoms with Gasteiger partial charge in [0.1, 0.15) is 0 Å². The van der Waals surface area contributed by atoms with Gasteiger partial charge in [-0.1, -0.05) is 37.3 Å². The Labute approximate surface area is 127 Å². The van der Waals surface area contributed by atoms with Crippen LogP contribution in [0.5, 0.6) is 0 Å². The van der Waals surface area contributed by atoms with Gasteiger partial charge in [0.15, 0.2) is 0 Å². The van der Waals surface area contributed by atoms with E-state index in [1.54, 1.807) is 0 Å². The summed E-state index contributed by atoms with van der Waals surface area (Å²) in [6.07, 6.45) is 0.844. The van der Waals surface area contributed by atoms with Crippen molar-refractivity contribution in [3.8, 4) is 0 Å². The van der Waals surface area contributed by atoms with E-state index in [0.717, 1.165) is 38.2 Å². The van der Waals surface area contributed by atoms with E-state index in [-0.39, 0.29) is 11.8 Å². The van der Waals surface area contributed by atoms with Gasteiger partial charge in [0.25, 0.3) is 0 Å². The Morgan fingerprint density at radius 1 is 1.24 bits per heavy atom. The molecule has 1 amide bonds. The average Bonchev–Trinajstić information content (AvgIpc) is 2.56. The van der Waals surface area contributed by atoms with Gasteiger partial charge in [-0.15, -0.1) is 0 Å². The third-order valence-electron chi connectivity index (χ3n) is 4.83. The quantitative estimate of drug-likeness (QED) is 0.886. The van der Waals surface area contributed by atoms with Crippen LogP contribution in [0.2, 0.25) is 0 Å². The molecular weight excluding hydrogens is 262 g/mol. The molecule has 1 aromatic carbocycles. The predicted octanol–water partition coefficient (Wildman–Crippen LogP) is 1.30. The molecule has 114 valence electrons. The zero-order valence-corrected chi connectivity index (χ0v) is 12.8. The summed E-state index contributed by atoms with van der Waals surface area (Å²) in [5.74, 6) is 0.142. The molecule has 0 radical (unpaired) electrons. The van der Waals surface area contributed by atoms with Crippen LogP contribution >= 0.6 is 0 Å². The van der Waals surface area contributed by atoms with Crippen molar-refractivity contribution < 1.29 is 4.79 Å². The van der Waals surface area contributed by atoms with Crippen molar-refractivity contribution in [1.82, 2.24) is 15.1 Å². The van der Waals surface area contributed by atoms with Gasteiger partial charge in [0.2, 0.25) is 5.91 Å². The van der Waals surface area contributed by atoms with Crippen LogP contribution in [0.25, 0.3) is 0 Å². The van der Waals surface area contributed by atoms with Gasteiger partial charge in [-0.2, -0.15) is 0 Å². The molecule has 4 rings (SSSR count). The summed E-state index contributed by atoms with van der Waals surface area (Å²) < 4.78 is 0. The maximum absolute atomic E-state index is 12.5. The van der Waals surface area contributed by atoms with E-state index < -0.39 is 0 Å². The standard InChI is InChI=1S/C17H25N3O/c1-2-16(14-6-4-3-5-7-14)17(21)18-12-15-13-19-8-10-20(15)11-9-19/h3-7,15-16H,2,8-13H2,1H3,(H,18,21). The number of benzene rings is 1. The minimum absolute atomic E-state index is 0.0257. The number of hydrogen-bond donors (Lipinski definition) is 1. The highest BCUT2D eigenvalue weighted by molar-refractivity contribution is 5.83. The lowest BCUT2D eigenvalue weighted by atomic mass is 9.95.